The summed E-state index contributed by atoms with van der Waals surface area (Å²) in [5.41, 5.74) is 1.28. The van der Waals surface area contributed by atoms with E-state index in [-0.39, 0.29) is 41.4 Å². The van der Waals surface area contributed by atoms with Crippen molar-refractivity contribution >= 4 is 52.3 Å². The zero-order chi connectivity index (χ0) is 20.3. The molecular weight excluding hydrogens is 411 g/mol. The van der Waals surface area contributed by atoms with Crippen molar-refractivity contribution in [2.45, 2.75) is 6.42 Å². The minimum absolute atomic E-state index is 0.139. The second-order valence-electron chi connectivity index (χ2n) is 7.64. The van der Waals surface area contributed by atoms with Gasteiger partial charge in [0.25, 0.3) is 5.91 Å². The van der Waals surface area contributed by atoms with Crippen LogP contribution in [0.3, 0.4) is 0 Å². The van der Waals surface area contributed by atoms with Gasteiger partial charge in [0.1, 0.15) is 0 Å². The molecule has 2 bridgehead atoms. The van der Waals surface area contributed by atoms with E-state index in [4.69, 9.17) is 23.2 Å². The van der Waals surface area contributed by atoms with Crippen molar-refractivity contribution in [3.8, 4) is 0 Å². The highest BCUT2D eigenvalue weighted by molar-refractivity contribution is 6.36. The summed E-state index contributed by atoms with van der Waals surface area (Å²) in [6.45, 7) is 0. The summed E-state index contributed by atoms with van der Waals surface area (Å²) in [4.78, 5) is 39.6. The number of anilines is 2. The van der Waals surface area contributed by atoms with Gasteiger partial charge in [-0.05, 0) is 60.7 Å². The summed E-state index contributed by atoms with van der Waals surface area (Å²) in [5, 5.41) is 3.55. The van der Waals surface area contributed by atoms with Crippen LogP contribution < -0.4 is 10.2 Å². The van der Waals surface area contributed by atoms with Crippen molar-refractivity contribution in [3.05, 3.63) is 70.2 Å². The molecule has 2 aliphatic carbocycles. The van der Waals surface area contributed by atoms with Crippen LogP contribution in [0.4, 0.5) is 11.4 Å². The van der Waals surface area contributed by atoms with Gasteiger partial charge in [-0.1, -0.05) is 35.4 Å². The summed E-state index contributed by atoms with van der Waals surface area (Å²) in [5.74, 6) is -0.799. The van der Waals surface area contributed by atoms with Gasteiger partial charge < -0.3 is 5.32 Å². The van der Waals surface area contributed by atoms with Crippen molar-refractivity contribution in [2.24, 2.45) is 23.7 Å². The fraction of sp³-hybridized carbons (Fsp3) is 0.227. The predicted molar refractivity (Wildman–Crippen MR) is 111 cm³/mol. The Bertz CT molecular complexity index is 1050. The molecule has 1 heterocycles. The number of carbonyl (C=O) groups is 3. The maximum absolute atomic E-state index is 12.9. The summed E-state index contributed by atoms with van der Waals surface area (Å²) in [6.07, 6.45) is 5.02. The lowest BCUT2D eigenvalue weighted by Gasteiger charge is -2.17. The Morgan fingerprint density at radius 2 is 1.55 bits per heavy atom. The van der Waals surface area contributed by atoms with E-state index in [0.717, 1.165) is 6.42 Å². The highest BCUT2D eigenvalue weighted by Gasteiger charge is 2.59. The van der Waals surface area contributed by atoms with Crippen LogP contribution in [0.1, 0.15) is 16.8 Å². The second kappa shape index (κ2) is 6.71. The third kappa shape index (κ3) is 2.88. The number of imide groups is 1. The smallest absolute Gasteiger partial charge is 0.255 e. The molecule has 0 unspecified atom stereocenters. The summed E-state index contributed by atoms with van der Waals surface area (Å²) < 4.78 is 0. The second-order valence-corrected chi connectivity index (χ2v) is 8.48. The van der Waals surface area contributed by atoms with Crippen LogP contribution in [0.2, 0.25) is 10.0 Å². The molecule has 4 atom stereocenters. The minimum atomic E-state index is -0.362. The van der Waals surface area contributed by atoms with Crippen molar-refractivity contribution < 1.29 is 14.4 Å². The summed E-state index contributed by atoms with van der Waals surface area (Å²) >= 11 is 12.0. The molecular formula is C22H16Cl2N2O3. The molecule has 1 saturated carbocycles. The first-order chi connectivity index (χ1) is 13.9. The molecule has 5 nitrogen and oxygen atoms in total. The summed E-state index contributed by atoms with van der Waals surface area (Å²) in [6, 6.07) is 11.2. The zero-order valence-corrected chi connectivity index (χ0v) is 16.7. The first kappa shape index (κ1) is 18.4. The molecule has 7 heteroatoms. The number of halogens is 2. The lowest BCUT2D eigenvalue weighted by molar-refractivity contribution is -0.123. The Balaban J connectivity index is 1.36. The Labute approximate surface area is 177 Å². The third-order valence-electron chi connectivity index (χ3n) is 6.03. The number of carbonyl (C=O) groups excluding carboxylic acids is 3. The topological polar surface area (TPSA) is 66.5 Å². The molecule has 3 amide bonds. The molecule has 5 rings (SSSR count). The van der Waals surface area contributed by atoms with Gasteiger partial charge in [-0.25, -0.2) is 0 Å². The molecule has 2 fully saturated rings. The monoisotopic (exact) mass is 426 g/mol. The van der Waals surface area contributed by atoms with Gasteiger partial charge in [-0.2, -0.15) is 0 Å². The van der Waals surface area contributed by atoms with Gasteiger partial charge in [0.05, 0.1) is 28.2 Å². The van der Waals surface area contributed by atoms with Gasteiger partial charge in [-0.3, -0.25) is 19.3 Å². The average molecular weight is 427 g/mol. The van der Waals surface area contributed by atoms with E-state index in [0.29, 0.717) is 27.0 Å². The van der Waals surface area contributed by atoms with E-state index in [1.54, 1.807) is 42.5 Å². The highest BCUT2D eigenvalue weighted by atomic mass is 35.5. The van der Waals surface area contributed by atoms with Crippen molar-refractivity contribution in [3.63, 3.8) is 0 Å². The lowest BCUT2D eigenvalue weighted by Crippen LogP contribution is -2.32. The van der Waals surface area contributed by atoms with Gasteiger partial charge in [-0.15, -0.1) is 0 Å². The van der Waals surface area contributed by atoms with Crippen molar-refractivity contribution in [2.75, 3.05) is 10.2 Å². The van der Waals surface area contributed by atoms with Crippen molar-refractivity contribution in [1.82, 2.24) is 0 Å². The minimum Gasteiger partial charge on any atom is -0.321 e. The number of nitrogens with zero attached hydrogens (tertiary/aromatic N) is 1. The lowest BCUT2D eigenvalue weighted by atomic mass is 9.85. The third-order valence-corrected chi connectivity index (χ3v) is 6.60. The fourth-order valence-corrected chi connectivity index (χ4v) is 5.04. The van der Waals surface area contributed by atoms with Crippen LogP contribution in [0.25, 0.3) is 0 Å². The van der Waals surface area contributed by atoms with Crippen LogP contribution in [-0.4, -0.2) is 17.7 Å². The number of allylic oxidation sites excluding steroid dienone is 2. The average Bonchev–Trinajstić information content (AvgIpc) is 3.39. The molecule has 3 aliphatic rings. The van der Waals surface area contributed by atoms with Crippen LogP contribution >= 0.6 is 23.2 Å². The number of fused-ring (bicyclic) bond motifs is 5. The fourth-order valence-electron chi connectivity index (χ4n) is 4.71. The van der Waals surface area contributed by atoms with E-state index >= 15 is 0 Å². The number of rotatable bonds is 3. The van der Waals surface area contributed by atoms with Crippen LogP contribution in [0.15, 0.2) is 54.6 Å². The molecule has 0 spiro atoms. The molecule has 2 aromatic carbocycles. The van der Waals surface area contributed by atoms with Crippen LogP contribution in [-0.2, 0) is 9.59 Å². The number of hydrogen-bond donors (Lipinski definition) is 1. The first-order valence-corrected chi connectivity index (χ1v) is 10.1. The summed E-state index contributed by atoms with van der Waals surface area (Å²) in [7, 11) is 0. The quantitative estimate of drug-likeness (QED) is 0.577. The van der Waals surface area contributed by atoms with Crippen LogP contribution in [0.5, 0.6) is 0 Å². The van der Waals surface area contributed by atoms with E-state index in [2.05, 4.69) is 17.5 Å². The first-order valence-electron chi connectivity index (χ1n) is 9.36. The molecule has 1 saturated heterocycles. The highest BCUT2D eigenvalue weighted by Crippen LogP contribution is 2.53. The zero-order valence-electron chi connectivity index (χ0n) is 15.1. The maximum Gasteiger partial charge on any atom is 0.255 e. The van der Waals surface area contributed by atoms with Gasteiger partial charge in [0.2, 0.25) is 11.8 Å². The van der Waals surface area contributed by atoms with E-state index in [1.165, 1.54) is 4.90 Å². The van der Waals surface area contributed by atoms with Crippen LogP contribution in [0, 0.1) is 23.7 Å². The number of amides is 3. The predicted octanol–water partition coefficient (Wildman–Crippen LogP) is 4.56. The maximum atomic E-state index is 12.9. The largest absolute Gasteiger partial charge is 0.321 e. The van der Waals surface area contributed by atoms with E-state index in [1.807, 2.05) is 0 Å². The normalized spacial score (nSPS) is 26.9. The standard InChI is InChI=1S/C22H16Cl2N2O3/c23-14-5-8-16(24)17(10-14)25-20(27)11-3-6-15(7-4-11)26-21(28)18-12-1-2-13(9-12)19(18)22(26)29/h1-8,10,12-13,18-19H,9H2,(H,25,27)/t12-,13+,18-,19+. The SMILES string of the molecule is O=C(Nc1cc(Cl)ccc1Cl)c1ccc(N2C(=O)[C@@H]3[C@H](C2=O)[C@@H]2C=C[C@H]3C2)cc1. The molecule has 1 aliphatic heterocycles. The number of hydrogen-bond acceptors (Lipinski definition) is 3. The van der Waals surface area contributed by atoms with Gasteiger partial charge in [0, 0.05) is 10.6 Å². The van der Waals surface area contributed by atoms with Crippen molar-refractivity contribution in [1.29, 1.82) is 0 Å². The molecule has 0 aromatic heterocycles. The van der Waals surface area contributed by atoms with Gasteiger partial charge in [0.15, 0.2) is 0 Å². The molecule has 0 radical (unpaired) electrons. The van der Waals surface area contributed by atoms with E-state index < -0.39 is 0 Å². The molecule has 2 aromatic rings. The Kier molecular flexibility index (Phi) is 4.26. The number of benzene rings is 2. The molecule has 29 heavy (non-hydrogen) atoms. The van der Waals surface area contributed by atoms with E-state index in [9.17, 15) is 14.4 Å². The Hall–Kier alpha value is -2.63. The molecule has 146 valence electrons. The molecule has 1 N–H and O–H groups in total. The number of nitrogens with one attached hydrogen (secondary N) is 1. The Morgan fingerprint density at radius 1 is 0.931 bits per heavy atom. The van der Waals surface area contributed by atoms with Gasteiger partial charge >= 0.3 is 0 Å². The Morgan fingerprint density at radius 3 is 2.17 bits per heavy atom.